The minimum absolute atomic E-state index is 0.0860. The number of fused-ring (bicyclic) bond motifs is 4. The fraction of sp³-hybridized carbons (Fsp3) is 0.368. The standard InChI is InChI=1S/C19H20FNO2/c1-19(2)12-9-11(20)7-8-14(12)21-18-13(19)10-23-16-6-4-5-15(22-3)17(16)18/h4-9,13,18,21H,10H2,1-3H3/t13-,18-/m0/s1. The number of nitrogens with one attached hydrogen (secondary N) is 1. The van der Waals surface area contributed by atoms with Gasteiger partial charge in [-0.05, 0) is 35.9 Å². The van der Waals surface area contributed by atoms with Gasteiger partial charge in [0.25, 0.3) is 0 Å². The lowest BCUT2D eigenvalue weighted by Crippen LogP contribution is -2.46. The third-order valence-electron chi connectivity index (χ3n) is 5.29. The summed E-state index contributed by atoms with van der Waals surface area (Å²) < 4.78 is 25.3. The van der Waals surface area contributed by atoms with Crippen LogP contribution in [-0.4, -0.2) is 13.7 Å². The largest absolute Gasteiger partial charge is 0.496 e. The number of methoxy groups -OCH3 is 1. The Bertz CT molecular complexity index is 758. The van der Waals surface area contributed by atoms with Crippen LogP contribution >= 0.6 is 0 Å². The van der Waals surface area contributed by atoms with E-state index in [2.05, 4.69) is 19.2 Å². The topological polar surface area (TPSA) is 30.5 Å². The number of halogens is 1. The maximum atomic E-state index is 13.7. The van der Waals surface area contributed by atoms with E-state index in [0.717, 1.165) is 28.3 Å². The molecule has 0 spiro atoms. The molecule has 4 rings (SSSR count). The molecule has 0 aromatic heterocycles. The Hall–Kier alpha value is -2.23. The minimum Gasteiger partial charge on any atom is -0.496 e. The summed E-state index contributed by atoms with van der Waals surface area (Å²) in [5.74, 6) is 1.68. The van der Waals surface area contributed by atoms with Gasteiger partial charge in [-0.3, -0.25) is 0 Å². The monoisotopic (exact) mass is 313 g/mol. The molecular formula is C19H20FNO2. The van der Waals surface area contributed by atoms with E-state index in [-0.39, 0.29) is 23.2 Å². The van der Waals surface area contributed by atoms with Gasteiger partial charge in [0.2, 0.25) is 0 Å². The fourth-order valence-electron chi connectivity index (χ4n) is 3.95. The Morgan fingerprint density at radius 1 is 1.26 bits per heavy atom. The number of benzene rings is 2. The van der Waals surface area contributed by atoms with E-state index in [1.807, 2.05) is 24.3 Å². The molecule has 0 radical (unpaired) electrons. The minimum atomic E-state index is -0.202. The number of anilines is 1. The van der Waals surface area contributed by atoms with Crippen molar-refractivity contribution in [1.82, 2.24) is 0 Å². The smallest absolute Gasteiger partial charge is 0.128 e. The molecule has 23 heavy (non-hydrogen) atoms. The van der Waals surface area contributed by atoms with Crippen molar-refractivity contribution in [2.24, 2.45) is 5.92 Å². The summed E-state index contributed by atoms with van der Waals surface area (Å²) in [6.07, 6.45) is 0. The molecular weight excluding hydrogens is 293 g/mol. The van der Waals surface area contributed by atoms with Gasteiger partial charge in [0.15, 0.2) is 0 Å². The highest BCUT2D eigenvalue weighted by Crippen LogP contribution is 2.53. The van der Waals surface area contributed by atoms with Gasteiger partial charge in [-0.25, -0.2) is 4.39 Å². The van der Waals surface area contributed by atoms with Crippen molar-refractivity contribution in [3.05, 3.63) is 53.3 Å². The maximum Gasteiger partial charge on any atom is 0.128 e. The SMILES string of the molecule is COc1cccc2c1[C@H]1Nc3ccc(F)cc3C(C)(C)[C@H]1CO2. The van der Waals surface area contributed by atoms with Gasteiger partial charge in [0.05, 0.1) is 25.3 Å². The Balaban J connectivity index is 1.90. The first-order valence-corrected chi connectivity index (χ1v) is 7.88. The zero-order valence-corrected chi connectivity index (χ0v) is 13.5. The lowest BCUT2D eigenvalue weighted by molar-refractivity contribution is 0.133. The third-order valence-corrected chi connectivity index (χ3v) is 5.29. The summed E-state index contributed by atoms with van der Waals surface area (Å²) in [6, 6.07) is 10.9. The molecule has 0 saturated carbocycles. The van der Waals surface area contributed by atoms with Crippen molar-refractivity contribution >= 4 is 5.69 Å². The Kier molecular flexibility index (Phi) is 3.05. The van der Waals surface area contributed by atoms with Crippen molar-refractivity contribution in [3.63, 3.8) is 0 Å². The average Bonchev–Trinajstić information content (AvgIpc) is 2.55. The highest BCUT2D eigenvalue weighted by atomic mass is 19.1. The van der Waals surface area contributed by atoms with Crippen molar-refractivity contribution in [3.8, 4) is 11.5 Å². The van der Waals surface area contributed by atoms with E-state index in [9.17, 15) is 4.39 Å². The highest BCUT2D eigenvalue weighted by molar-refractivity contribution is 5.62. The van der Waals surface area contributed by atoms with Crippen molar-refractivity contribution in [2.75, 3.05) is 19.0 Å². The zero-order valence-electron chi connectivity index (χ0n) is 13.5. The van der Waals surface area contributed by atoms with Crippen LogP contribution in [0.2, 0.25) is 0 Å². The lowest BCUT2D eigenvalue weighted by Gasteiger charge is -2.48. The molecule has 3 nitrogen and oxygen atoms in total. The van der Waals surface area contributed by atoms with Crippen LogP contribution in [0.1, 0.15) is 31.0 Å². The van der Waals surface area contributed by atoms with Crippen LogP contribution in [0, 0.1) is 11.7 Å². The predicted octanol–water partition coefficient (Wildman–Crippen LogP) is 4.29. The molecule has 0 amide bonds. The summed E-state index contributed by atoms with van der Waals surface area (Å²) in [6.45, 7) is 4.92. The average molecular weight is 313 g/mol. The first kappa shape index (κ1) is 14.4. The van der Waals surface area contributed by atoms with E-state index in [4.69, 9.17) is 9.47 Å². The Labute approximate surface area is 135 Å². The second-order valence-electron chi connectivity index (χ2n) is 6.82. The highest BCUT2D eigenvalue weighted by Gasteiger charge is 2.47. The van der Waals surface area contributed by atoms with Gasteiger partial charge in [0, 0.05) is 17.0 Å². The number of hydrogen-bond donors (Lipinski definition) is 1. The fourth-order valence-corrected chi connectivity index (χ4v) is 3.95. The van der Waals surface area contributed by atoms with E-state index in [1.54, 1.807) is 13.2 Å². The molecule has 0 unspecified atom stereocenters. The van der Waals surface area contributed by atoms with Gasteiger partial charge in [-0.15, -0.1) is 0 Å². The van der Waals surface area contributed by atoms with Crippen LogP contribution in [0.5, 0.6) is 11.5 Å². The molecule has 2 aromatic carbocycles. The first-order valence-electron chi connectivity index (χ1n) is 7.88. The van der Waals surface area contributed by atoms with Crippen molar-refractivity contribution < 1.29 is 13.9 Å². The van der Waals surface area contributed by atoms with Gasteiger partial charge in [-0.1, -0.05) is 19.9 Å². The third kappa shape index (κ3) is 2.01. The van der Waals surface area contributed by atoms with E-state index >= 15 is 0 Å². The van der Waals surface area contributed by atoms with Crippen LogP contribution in [0.15, 0.2) is 36.4 Å². The van der Waals surface area contributed by atoms with Gasteiger partial charge < -0.3 is 14.8 Å². The first-order chi connectivity index (χ1) is 11.0. The van der Waals surface area contributed by atoms with Crippen LogP contribution in [0.4, 0.5) is 10.1 Å². The Morgan fingerprint density at radius 3 is 2.87 bits per heavy atom. The second kappa shape index (κ2) is 4.88. The van der Waals surface area contributed by atoms with Crippen LogP contribution < -0.4 is 14.8 Å². The predicted molar refractivity (Wildman–Crippen MR) is 87.8 cm³/mol. The van der Waals surface area contributed by atoms with Gasteiger partial charge >= 0.3 is 0 Å². The second-order valence-corrected chi connectivity index (χ2v) is 6.82. The van der Waals surface area contributed by atoms with E-state index in [0.29, 0.717) is 6.61 Å². The number of hydrogen-bond acceptors (Lipinski definition) is 3. The molecule has 2 atom stereocenters. The molecule has 0 fully saturated rings. The molecule has 4 heteroatoms. The van der Waals surface area contributed by atoms with Gasteiger partial charge in [0.1, 0.15) is 17.3 Å². The van der Waals surface area contributed by atoms with Gasteiger partial charge in [-0.2, -0.15) is 0 Å². The van der Waals surface area contributed by atoms with Crippen molar-refractivity contribution in [2.45, 2.75) is 25.3 Å². The number of ether oxygens (including phenoxy) is 2. The van der Waals surface area contributed by atoms with Crippen LogP contribution in [-0.2, 0) is 5.41 Å². The molecule has 120 valence electrons. The molecule has 0 saturated heterocycles. The molecule has 1 N–H and O–H groups in total. The summed E-state index contributed by atoms with van der Waals surface area (Å²) >= 11 is 0. The summed E-state index contributed by atoms with van der Waals surface area (Å²) in [5, 5.41) is 3.59. The Morgan fingerprint density at radius 2 is 2.09 bits per heavy atom. The molecule has 2 heterocycles. The molecule has 0 aliphatic carbocycles. The molecule has 2 aliphatic rings. The van der Waals surface area contributed by atoms with E-state index < -0.39 is 0 Å². The zero-order chi connectivity index (χ0) is 16.2. The normalized spacial score (nSPS) is 23.7. The van der Waals surface area contributed by atoms with Crippen molar-refractivity contribution in [1.29, 1.82) is 0 Å². The summed E-state index contributed by atoms with van der Waals surface area (Å²) in [4.78, 5) is 0. The number of rotatable bonds is 1. The maximum absolute atomic E-state index is 13.7. The molecule has 2 aliphatic heterocycles. The summed E-state index contributed by atoms with van der Waals surface area (Å²) in [5.41, 5.74) is 2.83. The summed E-state index contributed by atoms with van der Waals surface area (Å²) in [7, 11) is 1.68. The molecule has 2 aromatic rings. The lowest BCUT2D eigenvalue weighted by atomic mass is 9.65. The molecule has 0 bridgehead atoms. The van der Waals surface area contributed by atoms with Crippen LogP contribution in [0.3, 0.4) is 0 Å². The quantitative estimate of drug-likeness (QED) is 0.852. The van der Waals surface area contributed by atoms with E-state index in [1.165, 1.54) is 6.07 Å². The van der Waals surface area contributed by atoms with Crippen LogP contribution in [0.25, 0.3) is 0 Å².